The fourth-order valence-corrected chi connectivity index (χ4v) is 4.09. The molecule has 1 heterocycles. The number of benzene rings is 1. The summed E-state index contributed by atoms with van der Waals surface area (Å²) < 4.78 is 12.5. The second-order valence-corrected chi connectivity index (χ2v) is 7.27. The van der Waals surface area contributed by atoms with Crippen LogP contribution >= 0.6 is 0 Å². The second-order valence-electron chi connectivity index (χ2n) is 7.27. The van der Waals surface area contributed by atoms with Gasteiger partial charge in [-0.05, 0) is 30.7 Å². The molecule has 3 nitrogen and oxygen atoms in total. The van der Waals surface area contributed by atoms with E-state index in [1.165, 1.54) is 5.56 Å². The summed E-state index contributed by atoms with van der Waals surface area (Å²) in [5.74, 6) is 0.325. The van der Waals surface area contributed by atoms with Gasteiger partial charge >= 0.3 is 0 Å². The SMILES string of the molecule is C=CCN(CC=C)CCC1COC2(CCC(c3ccccc3)CC2)O1. The molecule has 1 atom stereocenters. The number of hydrogen-bond acceptors (Lipinski definition) is 3. The highest BCUT2D eigenvalue weighted by molar-refractivity contribution is 5.20. The zero-order chi connectivity index (χ0) is 17.5. The first kappa shape index (κ1) is 18.4. The average molecular weight is 341 g/mol. The minimum absolute atomic E-state index is 0.213. The fourth-order valence-electron chi connectivity index (χ4n) is 4.09. The third kappa shape index (κ3) is 4.81. The molecule has 1 saturated heterocycles. The quantitative estimate of drug-likeness (QED) is 0.649. The predicted molar refractivity (Wildman–Crippen MR) is 103 cm³/mol. The van der Waals surface area contributed by atoms with Gasteiger partial charge in [-0.3, -0.25) is 4.90 Å². The van der Waals surface area contributed by atoms with Gasteiger partial charge in [0.2, 0.25) is 0 Å². The van der Waals surface area contributed by atoms with Gasteiger partial charge in [0, 0.05) is 32.5 Å². The Labute approximate surface area is 152 Å². The molecule has 25 heavy (non-hydrogen) atoms. The molecule has 1 unspecified atom stereocenters. The lowest BCUT2D eigenvalue weighted by Gasteiger charge is -2.36. The van der Waals surface area contributed by atoms with Crippen molar-refractivity contribution < 1.29 is 9.47 Å². The van der Waals surface area contributed by atoms with Crippen LogP contribution in [0.3, 0.4) is 0 Å². The smallest absolute Gasteiger partial charge is 0.168 e. The predicted octanol–water partition coefficient (Wildman–Crippen LogP) is 4.52. The summed E-state index contributed by atoms with van der Waals surface area (Å²) >= 11 is 0. The van der Waals surface area contributed by atoms with Crippen LogP contribution in [0.4, 0.5) is 0 Å². The lowest BCUT2D eigenvalue weighted by molar-refractivity contribution is -0.189. The summed E-state index contributed by atoms with van der Waals surface area (Å²) in [4.78, 5) is 2.33. The maximum Gasteiger partial charge on any atom is 0.168 e. The lowest BCUT2D eigenvalue weighted by atomic mass is 9.81. The van der Waals surface area contributed by atoms with E-state index in [-0.39, 0.29) is 11.9 Å². The highest BCUT2D eigenvalue weighted by Crippen LogP contribution is 2.43. The van der Waals surface area contributed by atoms with Gasteiger partial charge in [0.05, 0.1) is 12.7 Å². The van der Waals surface area contributed by atoms with E-state index >= 15 is 0 Å². The van der Waals surface area contributed by atoms with Crippen molar-refractivity contribution in [3.63, 3.8) is 0 Å². The Kier molecular flexibility index (Phi) is 6.46. The van der Waals surface area contributed by atoms with Gasteiger partial charge in [-0.25, -0.2) is 0 Å². The number of rotatable bonds is 8. The molecule has 1 aliphatic heterocycles. The summed E-state index contributed by atoms with van der Waals surface area (Å²) in [6.07, 6.45) is 9.42. The van der Waals surface area contributed by atoms with Crippen LogP contribution in [-0.4, -0.2) is 43.0 Å². The summed E-state index contributed by atoms with van der Waals surface area (Å²) in [6, 6.07) is 10.8. The van der Waals surface area contributed by atoms with E-state index in [9.17, 15) is 0 Å². The Morgan fingerprint density at radius 1 is 1.08 bits per heavy atom. The molecule has 0 N–H and O–H groups in total. The van der Waals surface area contributed by atoms with E-state index in [2.05, 4.69) is 48.4 Å². The number of nitrogens with zero attached hydrogens (tertiary/aromatic N) is 1. The van der Waals surface area contributed by atoms with E-state index < -0.39 is 0 Å². The third-order valence-electron chi connectivity index (χ3n) is 5.47. The van der Waals surface area contributed by atoms with Crippen LogP contribution < -0.4 is 0 Å². The first-order valence-electron chi connectivity index (χ1n) is 9.55. The summed E-state index contributed by atoms with van der Waals surface area (Å²) in [5, 5.41) is 0. The first-order chi connectivity index (χ1) is 12.2. The van der Waals surface area contributed by atoms with Crippen LogP contribution in [0.1, 0.15) is 43.6 Å². The molecule has 1 spiro atoms. The molecule has 3 heteroatoms. The molecule has 136 valence electrons. The highest BCUT2D eigenvalue weighted by atomic mass is 16.7. The largest absolute Gasteiger partial charge is 0.347 e. The van der Waals surface area contributed by atoms with Crippen LogP contribution in [0.2, 0.25) is 0 Å². The summed E-state index contributed by atoms with van der Waals surface area (Å²) in [7, 11) is 0. The maximum absolute atomic E-state index is 6.38. The minimum Gasteiger partial charge on any atom is -0.347 e. The molecule has 0 amide bonds. The molecular weight excluding hydrogens is 310 g/mol. The van der Waals surface area contributed by atoms with E-state index in [4.69, 9.17) is 9.47 Å². The molecule has 1 saturated carbocycles. The van der Waals surface area contributed by atoms with Crippen molar-refractivity contribution in [1.82, 2.24) is 4.90 Å². The molecule has 1 aliphatic carbocycles. The van der Waals surface area contributed by atoms with E-state index in [0.29, 0.717) is 5.92 Å². The normalized spacial score (nSPS) is 29.2. The molecular formula is C22H31NO2. The Bertz CT molecular complexity index is 538. The maximum atomic E-state index is 6.38. The topological polar surface area (TPSA) is 21.7 Å². The number of hydrogen-bond donors (Lipinski definition) is 0. The summed E-state index contributed by atoms with van der Waals surface area (Å²) in [5.41, 5.74) is 1.45. The van der Waals surface area contributed by atoms with Gasteiger partial charge in [0.15, 0.2) is 5.79 Å². The molecule has 0 bridgehead atoms. The molecule has 3 rings (SSSR count). The standard InChI is InChI=1S/C22H31NO2/c1-3-15-23(16-4-2)17-12-21-18-24-22(25-21)13-10-20(11-14-22)19-8-6-5-7-9-19/h3-9,20-21H,1-2,10-18H2. The van der Waals surface area contributed by atoms with Gasteiger partial charge in [0.1, 0.15) is 0 Å². The van der Waals surface area contributed by atoms with Crippen molar-refractivity contribution in [2.24, 2.45) is 0 Å². The molecule has 0 radical (unpaired) electrons. The Morgan fingerprint density at radius 3 is 2.40 bits per heavy atom. The molecule has 2 aliphatic rings. The number of ether oxygens (including phenoxy) is 2. The van der Waals surface area contributed by atoms with Gasteiger partial charge in [0.25, 0.3) is 0 Å². The Balaban J connectivity index is 1.46. The van der Waals surface area contributed by atoms with Crippen LogP contribution in [-0.2, 0) is 9.47 Å². The zero-order valence-electron chi connectivity index (χ0n) is 15.2. The van der Waals surface area contributed by atoms with Gasteiger partial charge in [-0.1, -0.05) is 42.5 Å². The lowest BCUT2D eigenvalue weighted by Crippen LogP contribution is -2.36. The van der Waals surface area contributed by atoms with E-state index in [0.717, 1.165) is 58.3 Å². The van der Waals surface area contributed by atoms with E-state index in [1.54, 1.807) is 0 Å². The van der Waals surface area contributed by atoms with Crippen molar-refractivity contribution in [2.75, 3.05) is 26.2 Å². The van der Waals surface area contributed by atoms with Crippen LogP contribution in [0.5, 0.6) is 0 Å². The Hall–Kier alpha value is -1.42. The van der Waals surface area contributed by atoms with Gasteiger partial charge in [-0.2, -0.15) is 0 Å². The Morgan fingerprint density at radius 2 is 1.76 bits per heavy atom. The molecule has 2 fully saturated rings. The minimum atomic E-state index is -0.322. The zero-order valence-corrected chi connectivity index (χ0v) is 15.2. The molecule has 0 aromatic heterocycles. The van der Waals surface area contributed by atoms with Crippen molar-refractivity contribution >= 4 is 0 Å². The highest BCUT2D eigenvalue weighted by Gasteiger charge is 2.44. The van der Waals surface area contributed by atoms with Gasteiger partial charge < -0.3 is 9.47 Å². The first-order valence-corrected chi connectivity index (χ1v) is 9.55. The van der Waals surface area contributed by atoms with Crippen molar-refractivity contribution in [1.29, 1.82) is 0 Å². The van der Waals surface area contributed by atoms with Crippen LogP contribution in [0.15, 0.2) is 55.6 Å². The van der Waals surface area contributed by atoms with Gasteiger partial charge in [-0.15, -0.1) is 13.2 Å². The van der Waals surface area contributed by atoms with Crippen molar-refractivity contribution in [3.05, 3.63) is 61.2 Å². The third-order valence-corrected chi connectivity index (χ3v) is 5.47. The summed E-state index contributed by atoms with van der Waals surface area (Å²) in [6.45, 7) is 11.2. The van der Waals surface area contributed by atoms with Crippen LogP contribution in [0.25, 0.3) is 0 Å². The second kappa shape index (κ2) is 8.79. The van der Waals surface area contributed by atoms with Crippen LogP contribution in [0, 0.1) is 0 Å². The van der Waals surface area contributed by atoms with Crippen molar-refractivity contribution in [3.8, 4) is 0 Å². The average Bonchev–Trinajstić information content (AvgIpc) is 3.04. The monoisotopic (exact) mass is 341 g/mol. The van der Waals surface area contributed by atoms with E-state index in [1.807, 2.05) is 12.2 Å². The fraction of sp³-hybridized carbons (Fsp3) is 0.545. The molecule has 1 aromatic rings. The van der Waals surface area contributed by atoms with Crippen molar-refractivity contribution in [2.45, 2.75) is 49.9 Å². The molecule has 1 aromatic carbocycles.